The Morgan fingerprint density at radius 3 is 2.48 bits per heavy atom. The monoisotopic (exact) mass is 309 g/mol. The maximum Gasteiger partial charge on any atom is 0.304 e. The highest BCUT2D eigenvalue weighted by Crippen LogP contribution is 2.21. The zero-order chi connectivity index (χ0) is 16.2. The molecule has 0 aliphatic heterocycles. The van der Waals surface area contributed by atoms with Crippen LogP contribution in [0.5, 0.6) is 11.8 Å². The third kappa shape index (κ3) is 3.06. The SMILES string of the molecule is CCOc1nc(-c2ccncc2)cc(=O)n1-c1ccc(O)cc1. The summed E-state index contributed by atoms with van der Waals surface area (Å²) in [5, 5.41) is 9.40. The maximum atomic E-state index is 12.6. The topological polar surface area (TPSA) is 77.2 Å². The number of hydrogen-bond acceptors (Lipinski definition) is 5. The summed E-state index contributed by atoms with van der Waals surface area (Å²) >= 11 is 0. The molecule has 6 heteroatoms. The molecule has 0 atom stereocenters. The Kier molecular flexibility index (Phi) is 4.05. The maximum absolute atomic E-state index is 12.6. The molecule has 0 saturated heterocycles. The van der Waals surface area contributed by atoms with Gasteiger partial charge in [0.2, 0.25) is 0 Å². The second-order valence-electron chi connectivity index (χ2n) is 4.78. The van der Waals surface area contributed by atoms with Crippen LogP contribution in [0.4, 0.5) is 0 Å². The number of aromatic nitrogens is 3. The van der Waals surface area contributed by atoms with E-state index in [1.165, 1.54) is 22.8 Å². The molecule has 2 heterocycles. The van der Waals surface area contributed by atoms with E-state index < -0.39 is 0 Å². The number of phenolic OH excluding ortho intramolecular Hbond substituents is 1. The summed E-state index contributed by atoms with van der Waals surface area (Å²) in [5.74, 6) is 0.126. The highest BCUT2D eigenvalue weighted by Gasteiger charge is 2.13. The molecule has 0 unspecified atom stereocenters. The van der Waals surface area contributed by atoms with Gasteiger partial charge in [-0.05, 0) is 43.3 Å². The first kappa shape index (κ1) is 14.8. The molecule has 0 radical (unpaired) electrons. The van der Waals surface area contributed by atoms with Gasteiger partial charge in [0.15, 0.2) is 0 Å². The first-order chi connectivity index (χ1) is 11.2. The third-order valence-electron chi connectivity index (χ3n) is 3.25. The Bertz CT molecular complexity index is 859. The van der Waals surface area contributed by atoms with Gasteiger partial charge in [-0.1, -0.05) is 0 Å². The molecular weight excluding hydrogens is 294 g/mol. The van der Waals surface area contributed by atoms with Crippen molar-refractivity contribution < 1.29 is 9.84 Å². The summed E-state index contributed by atoms with van der Waals surface area (Å²) in [6, 6.07) is 11.5. The number of pyridine rings is 1. The minimum Gasteiger partial charge on any atom is -0.508 e. The zero-order valence-electron chi connectivity index (χ0n) is 12.5. The summed E-state index contributed by atoms with van der Waals surface area (Å²) in [6.45, 7) is 2.21. The standard InChI is InChI=1S/C17H15N3O3/c1-2-23-17-19-15(12-7-9-18-10-8-12)11-16(22)20(17)13-3-5-14(21)6-4-13/h3-11,21H,2H2,1H3. The minimum atomic E-state index is -0.263. The molecule has 0 aliphatic rings. The van der Waals surface area contributed by atoms with Crippen LogP contribution in [0.25, 0.3) is 16.9 Å². The highest BCUT2D eigenvalue weighted by atomic mass is 16.5. The number of benzene rings is 1. The van der Waals surface area contributed by atoms with Crippen molar-refractivity contribution in [1.29, 1.82) is 0 Å². The number of aromatic hydroxyl groups is 1. The van der Waals surface area contributed by atoms with Gasteiger partial charge in [0.05, 0.1) is 18.0 Å². The Labute approximate surface area is 132 Å². The Morgan fingerprint density at radius 1 is 1.13 bits per heavy atom. The molecule has 1 aromatic carbocycles. The van der Waals surface area contributed by atoms with Gasteiger partial charge in [0.1, 0.15) is 5.75 Å². The minimum absolute atomic E-state index is 0.126. The second-order valence-corrected chi connectivity index (χ2v) is 4.78. The van der Waals surface area contributed by atoms with E-state index in [1.807, 2.05) is 6.92 Å². The van der Waals surface area contributed by atoms with Crippen molar-refractivity contribution in [2.75, 3.05) is 6.61 Å². The smallest absolute Gasteiger partial charge is 0.304 e. The van der Waals surface area contributed by atoms with Gasteiger partial charge in [-0.15, -0.1) is 0 Å². The molecule has 23 heavy (non-hydrogen) atoms. The van der Waals surface area contributed by atoms with Crippen LogP contribution in [0.15, 0.2) is 59.7 Å². The average Bonchev–Trinajstić information content (AvgIpc) is 2.57. The first-order valence-electron chi connectivity index (χ1n) is 7.15. The molecule has 0 bridgehead atoms. The largest absolute Gasteiger partial charge is 0.508 e. The highest BCUT2D eigenvalue weighted by molar-refractivity contribution is 5.58. The van der Waals surface area contributed by atoms with Crippen molar-refractivity contribution >= 4 is 0 Å². The van der Waals surface area contributed by atoms with E-state index in [1.54, 1.807) is 36.7 Å². The molecule has 6 nitrogen and oxygen atoms in total. The lowest BCUT2D eigenvalue weighted by atomic mass is 10.2. The van der Waals surface area contributed by atoms with Gasteiger partial charge in [0.25, 0.3) is 5.56 Å². The molecule has 3 aromatic rings. The van der Waals surface area contributed by atoms with E-state index in [4.69, 9.17) is 4.74 Å². The number of hydrogen-bond donors (Lipinski definition) is 1. The fraction of sp³-hybridized carbons (Fsp3) is 0.118. The second kappa shape index (κ2) is 6.31. The van der Waals surface area contributed by atoms with Crippen molar-refractivity contribution in [3.8, 4) is 28.7 Å². The molecule has 0 amide bonds. The summed E-state index contributed by atoms with van der Waals surface area (Å²) in [6.07, 6.45) is 3.28. The lowest BCUT2D eigenvalue weighted by Crippen LogP contribution is -2.21. The summed E-state index contributed by atoms with van der Waals surface area (Å²) in [5.41, 5.74) is 1.62. The van der Waals surface area contributed by atoms with E-state index in [2.05, 4.69) is 9.97 Å². The quantitative estimate of drug-likeness (QED) is 0.800. The third-order valence-corrected chi connectivity index (χ3v) is 3.25. The normalized spacial score (nSPS) is 10.5. The lowest BCUT2D eigenvalue weighted by molar-refractivity contribution is 0.302. The fourth-order valence-electron chi connectivity index (χ4n) is 2.20. The van der Waals surface area contributed by atoms with Crippen LogP contribution in [0.1, 0.15) is 6.92 Å². The summed E-state index contributed by atoms with van der Waals surface area (Å²) < 4.78 is 6.91. The number of nitrogens with zero attached hydrogens (tertiary/aromatic N) is 3. The summed E-state index contributed by atoms with van der Waals surface area (Å²) in [4.78, 5) is 21.0. The molecule has 3 rings (SSSR count). The van der Waals surface area contributed by atoms with Crippen LogP contribution >= 0.6 is 0 Å². The number of rotatable bonds is 4. The van der Waals surface area contributed by atoms with Crippen LogP contribution in [0.2, 0.25) is 0 Å². The summed E-state index contributed by atoms with van der Waals surface area (Å²) in [7, 11) is 0. The number of ether oxygens (including phenoxy) is 1. The van der Waals surface area contributed by atoms with Crippen molar-refractivity contribution in [2.24, 2.45) is 0 Å². The lowest BCUT2D eigenvalue weighted by Gasteiger charge is -2.13. The van der Waals surface area contributed by atoms with Gasteiger partial charge in [-0.2, -0.15) is 4.98 Å². The van der Waals surface area contributed by atoms with Crippen molar-refractivity contribution in [3.05, 3.63) is 65.2 Å². The van der Waals surface area contributed by atoms with E-state index in [9.17, 15) is 9.90 Å². The van der Waals surface area contributed by atoms with E-state index in [0.29, 0.717) is 18.0 Å². The number of phenols is 1. The predicted molar refractivity (Wildman–Crippen MR) is 85.9 cm³/mol. The fourth-order valence-corrected chi connectivity index (χ4v) is 2.20. The van der Waals surface area contributed by atoms with Gasteiger partial charge < -0.3 is 9.84 Å². The van der Waals surface area contributed by atoms with Crippen molar-refractivity contribution in [2.45, 2.75) is 6.92 Å². The Hall–Kier alpha value is -3.15. The zero-order valence-corrected chi connectivity index (χ0v) is 12.5. The van der Waals surface area contributed by atoms with Crippen LogP contribution in [0, 0.1) is 0 Å². The molecule has 2 aromatic heterocycles. The molecule has 0 spiro atoms. The van der Waals surface area contributed by atoms with E-state index in [0.717, 1.165) is 5.56 Å². The molecular formula is C17H15N3O3. The van der Waals surface area contributed by atoms with E-state index in [-0.39, 0.29) is 17.3 Å². The Balaban J connectivity index is 2.17. The molecule has 0 fully saturated rings. The van der Waals surface area contributed by atoms with Gasteiger partial charge in [0, 0.05) is 24.0 Å². The molecule has 0 saturated carbocycles. The van der Waals surface area contributed by atoms with Crippen LogP contribution in [-0.4, -0.2) is 26.2 Å². The van der Waals surface area contributed by atoms with Crippen molar-refractivity contribution in [1.82, 2.24) is 14.5 Å². The van der Waals surface area contributed by atoms with Gasteiger partial charge in [-0.25, -0.2) is 4.57 Å². The predicted octanol–water partition coefficient (Wildman–Crippen LogP) is 2.40. The van der Waals surface area contributed by atoms with Gasteiger partial charge in [-0.3, -0.25) is 9.78 Å². The van der Waals surface area contributed by atoms with Crippen LogP contribution < -0.4 is 10.3 Å². The first-order valence-corrected chi connectivity index (χ1v) is 7.15. The van der Waals surface area contributed by atoms with Crippen LogP contribution in [0.3, 0.4) is 0 Å². The molecule has 0 aliphatic carbocycles. The molecule has 116 valence electrons. The average molecular weight is 309 g/mol. The Morgan fingerprint density at radius 2 is 1.83 bits per heavy atom. The van der Waals surface area contributed by atoms with E-state index >= 15 is 0 Å². The molecule has 1 N–H and O–H groups in total. The van der Waals surface area contributed by atoms with Crippen LogP contribution in [-0.2, 0) is 0 Å². The van der Waals surface area contributed by atoms with Crippen molar-refractivity contribution in [3.63, 3.8) is 0 Å². The van der Waals surface area contributed by atoms with Gasteiger partial charge >= 0.3 is 6.01 Å².